The molecule has 0 aliphatic carbocycles. The lowest BCUT2D eigenvalue weighted by Crippen LogP contribution is -2.13. The van der Waals surface area contributed by atoms with Gasteiger partial charge in [0, 0.05) is 34.6 Å². The van der Waals surface area contributed by atoms with Crippen molar-refractivity contribution in [1.29, 1.82) is 0 Å². The Labute approximate surface area is 142 Å². The van der Waals surface area contributed by atoms with Crippen molar-refractivity contribution in [2.24, 2.45) is 5.73 Å². The highest BCUT2D eigenvalue weighted by Gasteiger charge is 2.18. The van der Waals surface area contributed by atoms with Crippen LogP contribution in [0, 0.1) is 0 Å². The van der Waals surface area contributed by atoms with Crippen LogP contribution in [0.15, 0.2) is 48.8 Å². The topological polar surface area (TPSA) is 103 Å². The molecule has 0 bridgehead atoms. The maximum Gasteiger partial charge on any atom is 0.269 e. The van der Waals surface area contributed by atoms with E-state index < -0.39 is 5.91 Å². The minimum absolute atomic E-state index is 0.102. The Kier molecular flexibility index (Phi) is 4.26. The fourth-order valence-corrected chi connectivity index (χ4v) is 2.50. The SMILES string of the molecule is NC(=O)c1nn(-c2ccnc(NC=O)c2)cc1-c1ccccc1Cl. The summed E-state index contributed by atoms with van der Waals surface area (Å²) in [6.07, 6.45) is 3.70. The molecule has 0 fully saturated rings. The van der Waals surface area contributed by atoms with Crippen molar-refractivity contribution in [2.45, 2.75) is 0 Å². The Morgan fingerprint density at radius 1 is 1.25 bits per heavy atom. The number of hydrogen-bond acceptors (Lipinski definition) is 4. The molecule has 0 unspecified atom stereocenters. The number of carbonyl (C=O) groups excluding carboxylic acids is 2. The zero-order valence-electron chi connectivity index (χ0n) is 12.3. The van der Waals surface area contributed by atoms with Crippen LogP contribution in [0.2, 0.25) is 5.02 Å². The molecule has 0 aliphatic rings. The van der Waals surface area contributed by atoms with Crippen molar-refractivity contribution in [3.05, 3.63) is 59.5 Å². The maximum absolute atomic E-state index is 11.8. The number of pyridine rings is 1. The lowest BCUT2D eigenvalue weighted by molar-refractivity contribution is -0.105. The van der Waals surface area contributed by atoms with Gasteiger partial charge in [0.2, 0.25) is 6.41 Å². The molecule has 3 N–H and O–H groups in total. The van der Waals surface area contributed by atoms with Crippen molar-refractivity contribution >= 4 is 29.7 Å². The monoisotopic (exact) mass is 341 g/mol. The number of nitrogens with two attached hydrogens (primary N) is 1. The summed E-state index contributed by atoms with van der Waals surface area (Å²) < 4.78 is 1.48. The summed E-state index contributed by atoms with van der Waals surface area (Å²) in [5.41, 5.74) is 7.33. The molecule has 2 amide bonds. The fraction of sp³-hybridized carbons (Fsp3) is 0. The van der Waals surface area contributed by atoms with Gasteiger partial charge in [0.15, 0.2) is 5.69 Å². The predicted molar refractivity (Wildman–Crippen MR) is 90.0 cm³/mol. The van der Waals surface area contributed by atoms with Crippen molar-refractivity contribution in [1.82, 2.24) is 14.8 Å². The van der Waals surface area contributed by atoms with E-state index >= 15 is 0 Å². The summed E-state index contributed by atoms with van der Waals surface area (Å²) >= 11 is 6.21. The average molecular weight is 342 g/mol. The van der Waals surface area contributed by atoms with Gasteiger partial charge >= 0.3 is 0 Å². The Hall–Kier alpha value is -3.19. The van der Waals surface area contributed by atoms with E-state index in [4.69, 9.17) is 17.3 Å². The highest BCUT2D eigenvalue weighted by molar-refractivity contribution is 6.33. The third kappa shape index (κ3) is 2.97. The number of amides is 2. The second kappa shape index (κ2) is 6.51. The lowest BCUT2D eigenvalue weighted by Gasteiger charge is -2.03. The molecule has 0 spiro atoms. The molecule has 0 saturated carbocycles. The van der Waals surface area contributed by atoms with Crippen LogP contribution >= 0.6 is 11.6 Å². The molecule has 1 aromatic carbocycles. The molecular formula is C16H12ClN5O2. The Bertz CT molecular complexity index is 922. The van der Waals surface area contributed by atoms with E-state index in [0.717, 1.165) is 0 Å². The minimum atomic E-state index is -0.663. The zero-order valence-corrected chi connectivity index (χ0v) is 13.1. The Morgan fingerprint density at radius 2 is 2.04 bits per heavy atom. The van der Waals surface area contributed by atoms with Gasteiger partial charge in [0.05, 0.1) is 5.69 Å². The quantitative estimate of drug-likeness (QED) is 0.694. The van der Waals surface area contributed by atoms with Crippen LogP contribution in [0.1, 0.15) is 10.5 Å². The van der Waals surface area contributed by atoms with Gasteiger partial charge in [0.1, 0.15) is 5.82 Å². The molecule has 0 saturated heterocycles. The van der Waals surface area contributed by atoms with Crippen molar-refractivity contribution < 1.29 is 9.59 Å². The van der Waals surface area contributed by atoms with Gasteiger partial charge < -0.3 is 11.1 Å². The van der Waals surface area contributed by atoms with Crippen LogP contribution < -0.4 is 11.1 Å². The lowest BCUT2D eigenvalue weighted by atomic mass is 10.1. The summed E-state index contributed by atoms with van der Waals surface area (Å²) in [6.45, 7) is 0. The first-order chi connectivity index (χ1) is 11.6. The number of carbonyl (C=O) groups is 2. The molecule has 0 atom stereocenters. The van der Waals surface area contributed by atoms with Crippen LogP contribution in [0.4, 0.5) is 5.82 Å². The molecule has 120 valence electrons. The van der Waals surface area contributed by atoms with E-state index in [1.807, 2.05) is 6.07 Å². The highest BCUT2D eigenvalue weighted by atomic mass is 35.5. The number of benzene rings is 1. The van der Waals surface area contributed by atoms with Crippen molar-refractivity contribution in [2.75, 3.05) is 5.32 Å². The Morgan fingerprint density at radius 3 is 2.75 bits per heavy atom. The zero-order chi connectivity index (χ0) is 17.1. The van der Waals surface area contributed by atoms with Crippen LogP contribution in [0.3, 0.4) is 0 Å². The summed E-state index contributed by atoms with van der Waals surface area (Å²) in [7, 11) is 0. The first-order valence-corrected chi connectivity index (χ1v) is 7.29. The van der Waals surface area contributed by atoms with Gasteiger partial charge in [0.25, 0.3) is 5.91 Å². The molecule has 3 aromatic rings. The molecular weight excluding hydrogens is 330 g/mol. The first kappa shape index (κ1) is 15.7. The van der Waals surface area contributed by atoms with Crippen molar-refractivity contribution in [3.63, 3.8) is 0 Å². The van der Waals surface area contributed by atoms with E-state index in [-0.39, 0.29) is 5.69 Å². The number of rotatable bonds is 5. The molecule has 8 heteroatoms. The first-order valence-electron chi connectivity index (χ1n) is 6.91. The number of aromatic nitrogens is 3. The molecule has 7 nitrogen and oxygen atoms in total. The number of nitrogens with zero attached hydrogens (tertiary/aromatic N) is 3. The van der Waals surface area contributed by atoms with E-state index in [0.29, 0.717) is 34.1 Å². The molecule has 0 radical (unpaired) electrons. The fourth-order valence-electron chi connectivity index (χ4n) is 2.27. The number of anilines is 1. The molecule has 2 heterocycles. The summed E-state index contributed by atoms with van der Waals surface area (Å²) in [5, 5.41) is 7.18. The third-order valence-corrected chi connectivity index (χ3v) is 3.66. The molecule has 3 rings (SSSR count). The van der Waals surface area contributed by atoms with Gasteiger partial charge in [-0.2, -0.15) is 5.10 Å². The minimum Gasteiger partial charge on any atom is -0.364 e. The summed E-state index contributed by atoms with van der Waals surface area (Å²) in [4.78, 5) is 26.3. The normalized spacial score (nSPS) is 10.4. The number of halogens is 1. The van der Waals surface area contributed by atoms with Crippen LogP contribution in [0.5, 0.6) is 0 Å². The van der Waals surface area contributed by atoms with Crippen molar-refractivity contribution in [3.8, 4) is 16.8 Å². The summed E-state index contributed by atoms with van der Waals surface area (Å²) in [5.74, 6) is -0.304. The standard InChI is InChI=1S/C16H12ClN5O2/c17-13-4-2-1-3-11(13)12-8-22(21-15(12)16(18)24)10-5-6-19-14(7-10)20-9-23/h1-9H,(H2,18,24)(H,19,20,23). The average Bonchev–Trinajstić information content (AvgIpc) is 3.01. The second-order valence-electron chi connectivity index (χ2n) is 4.84. The van der Waals surface area contributed by atoms with Gasteiger partial charge in [-0.3, -0.25) is 9.59 Å². The molecule has 2 aromatic heterocycles. The predicted octanol–water partition coefficient (Wildman–Crippen LogP) is 2.25. The Balaban J connectivity index is 2.13. The van der Waals surface area contributed by atoms with Gasteiger partial charge in [-0.25, -0.2) is 9.67 Å². The molecule has 24 heavy (non-hydrogen) atoms. The number of nitrogens with one attached hydrogen (secondary N) is 1. The van der Waals surface area contributed by atoms with Crippen LogP contribution in [0.25, 0.3) is 16.8 Å². The van der Waals surface area contributed by atoms with Gasteiger partial charge in [-0.05, 0) is 12.1 Å². The third-order valence-electron chi connectivity index (χ3n) is 3.33. The van der Waals surface area contributed by atoms with Crippen LogP contribution in [-0.2, 0) is 4.79 Å². The van der Waals surface area contributed by atoms with E-state index in [1.54, 1.807) is 36.5 Å². The highest BCUT2D eigenvalue weighted by Crippen LogP contribution is 2.30. The van der Waals surface area contributed by atoms with Crippen LogP contribution in [-0.4, -0.2) is 27.1 Å². The van der Waals surface area contributed by atoms with E-state index in [1.165, 1.54) is 10.9 Å². The number of primary amides is 1. The van der Waals surface area contributed by atoms with Gasteiger partial charge in [-0.15, -0.1) is 0 Å². The number of hydrogen-bond donors (Lipinski definition) is 2. The van der Waals surface area contributed by atoms with Gasteiger partial charge in [-0.1, -0.05) is 29.8 Å². The van der Waals surface area contributed by atoms with E-state index in [9.17, 15) is 9.59 Å². The largest absolute Gasteiger partial charge is 0.364 e. The smallest absolute Gasteiger partial charge is 0.269 e. The van der Waals surface area contributed by atoms with E-state index in [2.05, 4.69) is 15.4 Å². The summed E-state index contributed by atoms with van der Waals surface area (Å²) in [6, 6.07) is 10.4. The second-order valence-corrected chi connectivity index (χ2v) is 5.25. The maximum atomic E-state index is 11.8. The molecule has 0 aliphatic heterocycles.